The van der Waals surface area contributed by atoms with E-state index in [2.05, 4.69) is 10.3 Å². The molecule has 24 heavy (non-hydrogen) atoms. The number of aromatic nitrogens is 1. The summed E-state index contributed by atoms with van der Waals surface area (Å²) in [5, 5.41) is 11.3. The van der Waals surface area contributed by atoms with E-state index in [1.165, 1.54) is 11.3 Å². The number of thiazole rings is 1. The average Bonchev–Trinajstić information content (AvgIpc) is 2.95. The third-order valence-electron chi connectivity index (χ3n) is 3.19. The molecule has 122 valence electrons. The maximum Gasteiger partial charge on any atom is 0.236 e. The van der Waals surface area contributed by atoms with Crippen LogP contribution in [0.2, 0.25) is 0 Å². The minimum absolute atomic E-state index is 0.0429. The molecule has 0 fully saturated rings. The zero-order chi connectivity index (χ0) is 16.9. The predicted molar refractivity (Wildman–Crippen MR) is 94.8 cm³/mol. The molecule has 0 saturated heterocycles. The van der Waals surface area contributed by atoms with Crippen molar-refractivity contribution >= 4 is 33.3 Å². The number of nitrogens with one attached hydrogen (secondary N) is 2. The molecule has 0 aliphatic carbocycles. The molecule has 7 heteroatoms. The summed E-state index contributed by atoms with van der Waals surface area (Å²) in [5.74, 6) is 1.21. The van der Waals surface area contributed by atoms with Crippen LogP contribution in [0.5, 0.6) is 11.5 Å². The fraction of sp³-hybridized carbons (Fsp3) is 0.118. The first-order valence-corrected chi connectivity index (χ1v) is 8.14. The number of carbonyl (C=O) groups is 1. The van der Waals surface area contributed by atoms with E-state index in [9.17, 15) is 4.79 Å². The van der Waals surface area contributed by atoms with Gasteiger partial charge in [0.25, 0.3) is 0 Å². The van der Waals surface area contributed by atoms with E-state index >= 15 is 0 Å². The standard InChI is InChI=1S/C17H16N4O2S/c18-15(20-10-16(19)22)9-17-21-13-8-12(6-7-14(13)24-17)23-11-4-2-1-3-5-11/h1-8H,9-10H2,(H2,18,20)(H2,19,22). The Morgan fingerprint density at radius 1 is 1.21 bits per heavy atom. The molecular weight excluding hydrogens is 324 g/mol. The van der Waals surface area contributed by atoms with Crippen LogP contribution in [0.25, 0.3) is 10.2 Å². The molecule has 1 aromatic heterocycles. The van der Waals surface area contributed by atoms with E-state index < -0.39 is 5.91 Å². The number of nitrogens with zero attached hydrogens (tertiary/aromatic N) is 1. The van der Waals surface area contributed by atoms with Crippen LogP contribution < -0.4 is 15.8 Å². The second kappa shape index (κ2) is 7.10. The molecule has 0 atom stereocenters. The molecule has 0 radical (unpaired) electrons. The number of hydrogen-bond acceptors (Lipinski definition) is 5. The van der Waals surface area contributed by atoms with Gasteiger partial charge in [0.2, 0.25) is 5.91 Å². The fourth-order valence-electron chi connectivity index (χ4n) is 2.13. The van der Waals surface area contributed by atoms with E-state index in [1.807, 2.05) is 48.5 Å². The summed E-state index contributed by atoms with van der Waals surface area (Å²) in [6.45, 7) is -0.0429. The molecule has 0 unspecified atom stereocenters. The van der Waals surface area contributed by atoms with Crippen molar-refractivity contribution in [2.45, 2.75) is 6.42 Å². The molecule has 1 heterocycles. The van der Waals surface area contributed by atoms with Crippen LogP contribution in [-0.4, -0.2) is 23.3 Å². The van der Waals surface area contributed by atoms with Gasteiger partial charge in [0, 0.05) is 6.07 Å². The van der Waals surface area contributed by atoms with Crippen LogP contribution in [0.4, 0.5) is 0 Å². The predicted octanol–water partition coefficient (Wildman–Crippen LogP) is 2.68. The van der Waals surface area contributed by atoms with Crippen LogP contribution in [0, 0.1) is 5.41 Å². The highest BCUT2D eigenvalue weighted by Gasteiger charge is 2.08. The van der Waals surface area contributed by atoms with Crippen molar-refractivity contribution in [1.82, 2.24) is 10.3 Å². The number of carbonyl (C=O) groups excluding carboxylic acids is 1. The molecule has 4 N–H and O–H groups in total. The number of primary amides is 1. The first-order chi connectivity index (χ1) is 11.6. The topological polar surface area (TPSA) is 101 Å². The molecule has 6 nitrogen and oxygen atoms in total. The molecule has 3 rings (SSSR count). The van der Waals surface area contributed by atoms with E-state index in [0.717, 1.165) is 21.0 Å². The number of fused-ring (bicyclic) bond motifs is 1. The molecule has 0 aliphatic heterocycles. The Morgan fingerprint density at radius 2 is 2.00 bits per heavy atom. The third-order valence-corrected chi connectivity index (χ3v) is 4.22. The first kappa shape index (κ1) is 15.9. The van der Waals surface area contributed by atoms with Crippen LogP contribution >= 0.6 is 11.3 Å². The van der Waals surface area contributed by atoms with Gasteiger partial charge in [0.05, 0.1) is 23.2 Å². The van der Waals surface area contributed by atoms with Crippen molar-refractivity contribution in [2.75, 3.05) is 6.54 Å². The number of hydrogen-bond donors (Lipinski definition) is 3. The molecule has 0 aliphatic rings. The summed E-state index contributed by atoms with van der Waals surface area (Å²) in [4.78, 5) is 15.2. The van der Waals surface area contributed by atoms with Crippen molar-refractivity contribution < 1.29 is 9.53 Å². The highest BCUT2D eigenvalue weighted by molar-refractivity contribution is 7.18. The lowest BCUT2D eigenvalue weighted by molar-refractivity contribution is -0.116. The minimum Gasteiger partial charge on any atom is -0.457 e. The number of para-hydroxylation sites is 1. The number of nitrogens with two attached hydrogens (primary N) is 1. The Hall–Kier alpha value is -2.93. The Labute approximate surface area is 142 Å². The number of benzene rings is 2. The summed E-state index contributed by atoms with van der Waals surface area (Å²) < 4.78 is 6.82. The van der Waals surface area contributed by atoms with Gasteiger partial charge in [0.15, 0.2) is 0 Å². The maximum atomic E-state index is 10.7. The van der Waals surface area contributed by atoms with Gasteiger partial charge in [-0.3, -0.25) is 10.2 Å². The summed E-state index contributed by atoms with van der Waals surface area (Å²) in [6.07, 6.45) is 0.335. The lowest BCUT2D eigenvalue weighted by Gasteiger charge is -2.04. The molecular formula is C17H16N4O2S. The first-order valence-electron chi connectivity index (χ1n) is 7.32. The van der Waals surface area contributed by atoms with Gasteiger partial charge >= 0.3 is 0 Å². The van der Waals surface area contributed by atoms with Gasteiger partial charge < -0.3 is 15.8 Å². The molecule has 0 bridgehead atoms. The van der Waals surface area contributed by atoms with Crippen molar-refractivity contribution in [3.63, 3.8) is 0 Å². The minimum atomic E-state index is -0.494. The number of amidine groups is 1. The van der Waals surface area contributed by atoms with Crippen LogP contribution in [0.15, 0.2) is 48.5 Å². The normalized spacial score (nSPS) is 10.5. The van der Waals surface area contributed by atoms with Gasteiger partial charge in [-0.1, -0.05) is 18.2 Å². The van der Waals surface area contributed by atoms with Crippen LogP contribution in [0.1, 0.15) is 5.01 Å². The second-order valence-electron chi connectivity index (χ2n) is 5.13. The quantitative estimate of drug-likeness (QED) is 0.474. The number of ether oxygens (including phenoxy) is 1. The average molecular weight is 340 g/mol. The van der Waals surface area contributed by atoms with Crippen molar-refractivity contribution in [2.24, 2.45) is 5.73 Å². The number of rotatable bonds is 6. The van der Waals surface area contributed by atoms with Crippen molar-refractivity contribution in [3.8, 4) is 11.5 Å². The highest BCUT2D eigenvalue weighted by Crippen LogP contribution is 2.28. The van der Waals surface area contributed by atoms with E-state index in [-0.39, 0.29) is 12.4 Å². The number of amides is 1. The van der Waals surface area contributed by atoms with E-state index in [1.54, 1.807) is 0 Å². The monoisotopic (exact) mass is 340 g/mol. The lowest BCUT2D eigenvalue weighted by atomic mass is 10.3. The molecule has 2 aromatic carbocycles. The van der Waals surface area contributed by atoms with E-state index in [0.29, 0.717) is 12.2 Å². The Morgan fingerprint density at radius 3 is 2.75 bits per heavy atom. The van der Waals surface area contributed by atoms with Gasteiger partial charge in [-0.2, -0.15) is 0 Å². The summed E-state index contributed by atoms with van der Waals surface area (Å²) in [7, 11) is 0. The lowest BCUT2D eigenvalue weighted by Crippen LogP contribution is -2.33. The smallest absolute Gasteiger partial charge is 0.236 e. The Kier molecular flexibility index (Phi) is 4.72. The largest absolute Gasteiger partial charge is 0.457 e. The summed E-state index contributed by atoms with van der Waals surface area (Å²) in [5.41, 5.74) is 5.88. The molecule has 3 aromatic rings. The van der Waals surface area contributed by atoms with Crippen LogP contribution in [0.3, 0.4) is 0 Å². The van der Waals surface area contributed by atoms with Gasteiger partial charge in [-0.25, -0.2) is 4.98 Å². The van der Waals surface area contributed by atoms with E-state index in [4.69, 9.17) is 15.9 Å². The SMILES string of the molecule is N=C(Cc1nc2cc(Oc3ccccc3)ccc2s1)NCC(N)=O. The molecule has 0 saturated carbocycles. The third kappa shape index (κ3) is 4.08. The summed E-state index contributed by atoms with van der Waals surface area (Å²) >= 11 is 1.51. The zero-order valence-corrected chi connectivity index (χ0v) is 13.6. The summed E-state index contributed by atoms with van der Waals surface area (Å²) in [6, 6.07) is 15.3. The van der Waals surface area contributed by atoms with Gasteiger partial charge in [-0.05, 0) is 24.3 Å². The highest BCUT2D eigenvalue weighted by atomic mass is 32.1. The van der Waals surface area contributed by atoms with Gasteiger partial charge in [0.1, 0.15) is 22.3 Å². The van der Waals surface area contributed by atoms with Gasteiger partial charge in [-0.15, -0.1) is 11.3 Å². The fourth-order valence-corrected chi connectivity index (χ4v) is 3.09. The second-order valence-corrected chi connectivity index (χ2v) is 6.24. The van der Waals surface area contributed by atoms with Crippen LogP contribution in [-0.2, 0) is 11.2 Å². The van der Waals surface area contributed by atoms with Crippen molar-refractivity contribution in [3.05, 3.63) is 53.5 Å². The van der Waals surface area contributed by atoms with Crippen molar-refractivity contribution in [1.29, 1.82) is 5.41 Å². The Balaban J connectivity index is 1.72. The molecule has 0 spiro atoms. The zero-order valence-electron chi connectivity index (χ0n) is 12.8. The molecule has 1 amide bonds. The maximum absolute atomic E-state index is 10.7. The Bertz CT molecular complexity index is 877.